The van der Waals surface area contributed by atoms with E-state index in [1.807, 2.05) is 49.4 Å². The lowest BCUT2D eigenvalue weighted by Crippen LogP contribution is -2.15. The van der Waals surface area contributed by atoms with E-state index in [4.69, 9.17) is 0 Å². The molecule has 0 amide bonds. The van der Waals surface area contributed by atoms with Gasteiger partial charge in [-0.05, 0) is 58.1 Å². The summed E-state index contributed by atoms with van der Waals surface area (Å²) in [7, 11) is 0. The van der Waals surface area contributed by atoms with E-state index < -0.39 is 0 Å². The number of para-hydroxylation sites is 1. The summed E-state index contributed by atoms with van der Waals surface area (Å²) in [4.78, 5) is 15.0. The summed E-state index contributed by atoms with van der Waals surface area (Å²) in [5.74, 6) is 0. The van der Waals surface area contributed by atoms with Gasteiger partial charge in [0, 0.05) is 27.8 Å². The van der Waals surface area contributed by atoms with Gasteiger partial charge < -0.3 is 10.3 Å². The van der Waals surface area contributed by atoms with Crippen LogP contribution in [0.25, 0.3) is 10.9 Å². The molecule has 21 heavy (non-hydrogen) atoms. The molecule has 0 unspecified atom stereocenters. The Morgan fingerprint density at radius 1 is 1.14 bits per heavy atom. The molecule has 0 radical (unpaired) electrons. The lowest BCUT2D eigenvalue weighted by atomic mass is 10.1. The van der Waals surface area contributed by atoms with Gasteiger partial charge in [0.25, 0.3) is 5.56 Å². The van der Waals surface area contributed by atoms with Gasteiger partial charge in [0.1, 0.15) is 0 Å². The molecule has 2 aromatic carbocycles. The van der Waals surface area contributed by atoms with Crippen LogP contribution in [0.4, 0.5) is 5.69 Å². The number of anilines is 1. The first kappa shape index (κ1) is 13.9. The molecule has 0 saturated carbocycles. The minimum absolute atomic E-state index is 0.0509. The van der Waals surface area contributed by atoms with Crippen LogP contribution in [0.3, 0.4) is 0 Å². The molecule has 3 nitrogen and oxygen atoms in total. The van der Waals surface area contributed by atoms with E-state index in [1.54, 1.807) is 0 Å². The van der Waals surface area contributed by atoms with Crippen LogP contribution in [-0.2, 0) is 6.54 Å². The topological polar surface area (TPSA) is 44.9 Å². The summed E-state index contributed by atoms with van der Waals surface area (Å²) < 4.78 is 0.991. The van der Waals surface area contributed by atoms with Gasteiger partial charge in [-0.15, -0.1) is 0 Å². The average Bonchev–Trinajstić information content (AvgIpc) is 2.48. The molecule has 1 heterocycles. The second-order valence-electron chi connectivity index (χ2n) is 5.05. The predicted molar refractivity (Wildman–Crippen MR) is 90.8 cm³/mol. The summed E-state index contributed by atoms with van der Waals surface area (Å²) in [5, 5.41) is 4.35. The summed E-state index contributed by atoms with van der Waals surface area (Å²) in [6, 6.07) is 15.8. The largest absolute Gasteiger partial charge is 0.380 e. The molecule has 3 aromatic rings. The van der Waals surface area contributed by atoms with Gasteiger partial charge in [-0.1, -0.05) is 24.3 Å². The van der Waals surface area contributed by atoms with Crippen LogP contribution >= 0.6 is 15.9 Å². The Hall–Kier alpha value is -2.07. The van der Waals surface area contributed by atoms with Gasteiger partial charge in [0.2, 0.25) is 0 Å². The predicted octanol–water partition coefficient (Wildman–Crippen LogP) is 4.21. The summed E-state index contributed by atoms with van der Waals surface area (Å²) >= 11 is 3.51. The molecule has 0 atom stereocenters. The summed E-state index contributed by atoms with van der Waals surface area (Å²) in [5.41, 5.74) is 3.70. The van der Waals surface area contributed by atoms with E-state index in [2.05, 4.69) is 32.3 Å². The number of rotatable bonds is 3. The minimum atomic E-state index is -0.0509. The molecule has 0 bridgehead atoms. The van der Waals surface area contributed by atoms with E-state index in [0.29, 0.717) is 6.54 Å². The van der Waals surface area contributed by atoms with Gasteiger partial charge in [-0.2, -0.15) is 0 Å². The number of pyridine rings is 1. The van der Waals surface area contributed by atoms with Gasteiger partial charge in [-0.25, -0.2) is 0 Å². The molecule has 2 N–H and O–H groups in total. The SMILES string of the molecule is Cc1ccc(Br)c(NCc2cc3ccccc3[nH]c2=O)c1. The average molecular weight is 343 g/mol. The van der Waals surface area contributed by atoms with Crippen molar-refractivity contribution >= 4 is 32.5 Å². The van der Waals surface area contributed by atoms with Crippen LogP contribution in [0.15, 0.2) is 57.8 Å². The minimum Gasteiger partial charge on any atom is -0.380 e. The normalized spacial score (nSPS) is 10.8. The smallest absolute Gasteiger partial charge is 0.253 e. The van der Waals surface area contributed by atoms with Crippen molar-refractivity contribution in [1.29, 1.82) is 0 Å². The highest BCUT2D eigenvalue weighted by molar-refractivity contribution is 9.10. The van der Waals surface area contributed by atoms with Crippen molar-refractivity contribution in [3.8, 4) is 0 Å². The highest BCUT2D eigenvalue weighted by Crippen LogP contribution is 2.23. The Bertz CT molecular complexity index is 855. The Kier molecular flexibility index (Phi) is 3.80. The Morgan fingerprint density at radius 3 is 2.81 bits per heavy atom. The maximum Gasteiger partial charge on any atom is 0.253 e. The van der Waals surface area contributed by atoms with Crippen molar-refractivity contribution in [3.63, 3.8) is 0 Å². The van der Waals surface area contributed by atoms with E-state index in [0.717, 1.165) is 26.6 Å². The molecule has 106 valence electrons. The number of halogens is 1. The third kappa shape index (κ3) is 3.00. The van der Waals surface area contributed by atoms with Crippen molar-refractivity contribution < 1.29 is 0 Å². The van der Waals surface area contributed by atoms with Crippen LogP contribution in [0.2, 0.25) is 0 Å². The second kappa shape index (κ2) is 5.74. The van der Waals surface area contributed by atoms with E-state index in [9.17, 15) is 4.79 Å². The molecule has 0 aliphatic heterocycles. The molecule has 0 spiro atoms. The van der Waals surface area contributed by atoms with Gasteiger partial charge >= 0.3 is 0 Å². The highest BCUT2D eigenvalue weighted by atomic mass is 79.9. The Morgan fingerprint density at radius 2 is 1.95 bits per heavy atom. The molecule has 0 saturated heterocycles. The number of hydrogen-bond acceptors (Lipinski definition) is 2. The molecule has 0 fully saturated rings. The zero-order valence-electron chi connectivity index (χ0n) is 11.6. The summed E-state index contributed by atoms with van der Waals surface area (Å²) in [6.45, 7) is 2.53. The number of aromatic nitrogens is 1. The van der Waals surface area contributed by atoms with Crippen LogP contribution in [-0.4, -0.2) is 4.98 Å². The van der Waals surface area contributed by atoms with Crippen LogP contribution in [0.1, 0.15) is 11.1 Å². The van der Waals surface area contributed by atoms with Crippen LogP contribution < -0.4 is 10.9 Å². The molecular formula is C17H15BrN2O. The first-order valence-electron chi connectivity index (χ1n) is 6.74. The van der Waals surface area contributed by atoms with E-state index >= 15 is 0 Å². The molecule has 4 heteroatoms. The molecular weight excluding hydrogens is 328 g/mol. The second-order valence-corrected chi connectivity index (χ2v) is 5.90. The van der Waals surface area contributed by atoms with E-state index in [1.165, 1.54) is 5.56 Å². The monoisotopic (exact) mass is 342 g/mol. The lowest BCUT2D eigenvalue weighted by molar-refractivity contribution is 1.09. The fourth-order valence-electron chi connectivity index (χ4n) is 2.29. The maximum absolute atomic E-state index is 12.1. The first-order valence-corrected chi connectivity index (χ1v) is 7.54. The highest BCUT2D eigenvalue weighted by Gasteiger charge is 2.04. The van der Waals surface area contributed by atoms with Gasteiger partial charge in [0.15, 0.2) is 0 Å². The van der Waals surface area contributed by atoms with Gasteiger partial charge in [-0.3, -0.25) is 4.79 Å². The summed E-state index contributed by atoms with van der Waals surface area (Å²) in [6.07, 6.45) is 0. The maximum atomic E-state index is 12.1. The molecule has 1 aromatic heterocycles. The number of aryl methyl sites for hydroxylation is 1. The number of hydrogen-bond donors (Lipinski definition) is 2. The third-order valence-corrected chi connectivity index (χ3v) is 4.11. The Labute approximate surface area is 131 Å². The molecule has 0 aliphatic rings. The number of benzene rings is 2. The van der Waals surface area contributed by atoms with Gasteiger partial charge in [0.05, 0.1) is 0 Å². The van der Waals surface area contributed by atoms with Crippen molar-refractivity contribution in [2.24, 2.45) is 0 Å². The number of aromatic amines is 1. The number of nitrogens with one attached hydrogen (secondary N) is 2. The van der Waals surface area contributed by atoms with Crippen LogP contribution in [0.5, 0.6) is 0 Å². The van der Waals surface area contributed by atoms with Crippen molar-refractivity contribution in [2.75, 3.05) is 5.32 Å². The zero-order chi connectivity index (χ0) is 14.8. The van der Waals surface area contributed by atoms with Crippen molar-refractivity contribution in [1.82, 2.24) is 4.98 Å². The van der Waals surface area contributed by atoms with E-state index in [-0.39, 0.29) is 5.56 Å². The quantitative estimate of drug-likeness (QED) is 0.748. The van der Waals surface area contributed by atoms with Crippen molar-refractivity contribution in [2.45, 2.75) is 13.5 Å². The standard InChI is InChI=1S/C17H15BrN2O/c1-11-6-7-14(18)16(8-11)19-10-13-9-12-4-2-3-5-15(12)20-17(13)21/h2-9,19H,10H2,1H3,(H,20,21). The van der Waals surface area contributed by atoms with Crippen LogP contribution in [0, 0.1) is 6.92 Å². The lowest BCUT2D eigenvalue weighted by Gasteiger charge is -2.10. The fourth-order valence-corrected chi connectivity index (χ4v) is 2.68. The Balaban J connectivity index is 1.90. The molecule has 0 aliphatic carbocycles. The molecule has 3 rings (SSSR count). The third-order valence-electron chi connectivity index (χ3n) is 3.42. The van der Waals surface area contributed by atoms with Crippen molar-refractivity contribution in [3.05, 3.63) is 74.5 Å². The number of fused-ring (bicyclic) bond motifs is 1. The zero-order valence-corrected chi connectivity index (χ0v) is 13.2. The number of H-pyrrole nitrogens is 1. The first-order chi connectivity index (χ1) is 10.1. The fraction of sp³-hybridized carbons (Fsp3) is 0.118.